The molecule has 51 heavy (non-hydrogen) atoms. The SMILES string of the molecule is CC(=O)OCc1c(B2OC(C)(C)C(C)(C)O2)cccc1C(=O)Nc1cncc(Nc2cc3c(cn2)-c2ccc(N4CCCC4=O)cc2OC3C)c1. The molecule has 2 fully saturated rings. The standard InChI is InChI=1S/C38H40BN5O7/c1-22-29-17-34(41-20-30(29)27-13-12-26(16-33(27)49-22)44-14-8-11-35(44)46)42-24-15-25(19-40-18-24)43-36(47)28-9-7-10-32(31(28)21-48-23(2)45)39-50-37(3,4)38(5,6)51-39/h7,9-10,12-13,15-20,22H,8,11,14,21H2,1-6H3,(H,41,42)(H,43,47). The molecule has 1 unspecified atom stereocenters. The van der Waals surface area contributed by atoms with Crippen LogP contribution in [0.2, 0.25) is 0 Å². The number of nitrogens with zero attached hydrogens (tertiary/aromatic N) is 3. The summed E-state index contributed by atoms with van der Waals surface area (Å²) < 4.78 is 24.2. The highest BCUT2D eigenvalue weighted by atomic mass is 16.7. The van der Waals surface area contributed by atoms with E-state index in [1.54, 1.807) is 35.5 Å². The van der Waals surface area contributed by atoms with E-state index in [9.17, 15) is 14.4 Å². The number of nitrogens with one attached hydrogen (secondary N) is 2. The normalized spacial score (nSPS) is 18.5. The van der Waals surface area contributed by atoms with Crippen LogP contribution in [0.3, 0.4) is 0 Å². The Labute approximate surface area is 297 Å². The summed E-state index contributed by atoms with van der Waals surface area (Å²) in [6, 6.07) is 14.8. The van der Waals surface area contributed by atoms with Gasteiger partial charge in [0.2, 0.25) is 5.91 Å². The van der Waals surface area contributed by atoms with Crippen LogP contribution >= 0.6 is 0 Å². The van der Waals surface area contributed by atoms with Gasteiger partial charge in [-0.3, -0.25) is 19.4 Å². The summed E-state index contributed by atoms with van der Waals surface area (Å²) in [4.78, 5) is 48.7. The van der Waals surface area contributed by atoms with Crippen molar-refractivity contribution in [2.24, 2.45) is 0 Å². The Hall–Kier alpha value is -5.27. The second-order valence-corrected chi connectivity index (χ2v) is 14.0. The minimum Gasteiger partial charge on any atom is -0.485 e. The summed E-state index contributed by atoms with van der Waals surface area (Å²) in [6.45, 7) is 11.7. The number of esters is 1. The minimum absolute atomic E-state index is 0.130. The number of hydrogen-bond acceptors (Lipinski definition) is 10. The molecule has 1 atom stereocenters. The average Bonchev–Trinajstić information content (AvgIpc) is 3.61. The molecule has 4 aromatic rings. The van der Waals surface area contributed by atoms with Crippen molar-refractivity contribution in [3.8, 4) is 16.9 Å². The zero-order chi connectivity index (χ0) is 36.1. The highest BCUT2D eigenvalue weighted by Crippen LogP contribution is 2.45. The molecule has 2 aromatic carbocycles. The van der Waals surface area contributed by atoms with Gasteiger partial charge >= 0.3 is 13.1 Å². The number of fused-ring (bicyclic) bond motifs is 3. The van der Waals surface area contributed by atoms with Gasteiger partial charge in [-0.05, 0) is 76.8 Å². The molecule has 2 saturated heterocycles. The summed E-state index contributed by atoms with van der Waals surface area (Å²) in [5.41, 5.74) is 4.94. The van der Waals surface area contributed by atoms with E-state index in [2.05, 4.69) is 20.6 Å². The molecular formula is C38H40BN5O7. The second-order valence-electron chi connectivity index (χ2n) is 14.0. The summed E-state index contributed by atoms with van der Waals surface area (Å²) in [6.07, 6.45) is 6.17. The smallest absolute Gasteiger partial charge is 0.485 e. The van der Waals surface area contributed by atoms with E-state index in [1.165, 1.54) is 6.92 Å². The van der Waals surface area contributed by atoms with Gasteiger partial charge in [-0.25, -0.2) is 4.98 Å². The molecule has 0 aliphatic carbocycles. The van der Waals surface area contributed by atoms with Crippen molar-refractivity contribution in [3.63, 3.8) is 0 Å². The predicted molar refractivity (Wildman–Crippen MR) is 193 cm³/mol. The summed E-state index contributed by atoms with van der Waals surface area (Å²) in [5, 5.41) is 6.22. The fourth-order valence-corrected chi connectivity index (χ4v) is 6.54. The van der Waals surface area contributed by atoms with E-state index < -0.39 is 30.2 Å². The maximum absolute atomic E-state index is 13.8. The number of benzene rings is 2. The maximum Gasteiger partial charge on any atom is 0.495 e. The zero-order valence-corrected chi connectivity index (χ0v) is 29.5. The van der Waals surface area contributed by atoms with Crippen LogP contribution in [0.25, 0.3) is 11.1 Å². The zero-order valence-electron chi connectivity index (χ0n) is 29.5. The van der Waals surface area contributed by atoms with E-state index >= 15 is 0 Å². The van der Waals surface area contributed by atoms with Gasteiger partial charge in [0.05, 0.1) is 35.0 Å². The van der Waals surface area contributed by atoms with Crippen molar-refractivity contribution in [2.75, 3.05) is 22.1 Å². The van der Waals surface area contributed by atoms with Crippen LogP contribution in [0.1, 0.15) is 82.0 Å². The summed E-state index contributed by atoms with van der Waals surface area (Å²) in [7, 11) is -0.758. The highest BCUT2D eigenvalue weighted by Gasteiger charge is 2.52. The van der Waals surface area contributed by atoms with Crippen molar-refractivity contribution in [1.29, 1.82) is 0 Å². The number of pyridine rings is 2. The van der Waals surface area contributed by atoms with E-state index in [0.717, 1.165) is 34.5 Å². The van der Waals surface area contributed by atoms with Crippen LogP contribution in [0.4, 0.5) is 22.9 Å². The van der Waals surface area contributed by atoms with Gasteiger partial charge in [0.1, 0.15) is 24.3 Å². The van der Waals surface area contributed by atoms with E-state index in [1.807, 2.05) is 71.1 Å². The fraction of sp³-hybridized carbons (Fsp3) is 0.342. The molecule has 0 radical (unpaired) electrons. The van der Waals surface area contributed by atoms with Gasteiger partial charge in [0.15, 0.2) is 0 Å². The quantitative estimate of drug-likeness (QED) is 0.165. The Morgan fingerprint density at radius 3 is 2.49 bits per heavy atom. The number of aromatic nitrogens is 2. The maximum atomic E-state index is 13.8. The first-order valence-corrected chi connectivity index (χ1v) is 17.1. The van der Waals surface area contributed by atoms with Crippen LogP contribution in [0, 0.1) is 0 Å². The number of carbonyl (C=O) groups is 3. The van der Waals surface area contributed by atoms with Crippen LogP contribution < -0.4 is 25.7 Å². The van der Waals surface area contributed by atoms with Crippen LogP contribution in [-0.2, 0) is 30.2 Å². The average molecular weight is 690 g/mol. The number of hydrogen-bond donors (Lipinski definition) is 2. The molecular weight excluding hydrogens is 649 g/mol. The minimum atomic E-state index is -0.758. The highest BCUT2D eigenvalue weighted by molar-refractivity contribution is 6.62. The molecule has 7 rings (SSSR count). The molecule has 0 saturated carbocycles. The van der Waals surface area contributed by atoms with Gasteiger partial charge in [0.25, 0.3) is 5.91 Å². The molecule has 13 heteroatoms. The van der Waals surface area contributed by atoms with Crippen molar-refractivity contribution < 1.29 is 33.2 Å². The number of anilines is 4. The van der Waals surface area contributed by atoms with E-state index in [-0.39, 0.29) is 18.6 Å². The Morgan fingerprint density at radius 2 is 1.76 bits per heavy atom. The molecule has 2 amide bonds. The first kappa shape index (κ1) is 34.2. The Morgan fingerprint density at radius 1 is 1.00 bits per heavy atom. The lowest BCUT2D eigenvalue weighted by Crippen LogP contribution is -2.41. The molecule has 2 N–H and O–H groups in total. The molecule has 3 aliphatic rings. The third-order valence-electron chi connectivity index (χ3n) is 9.97. The summed E-state index contributed by atoms with van der Waals surface area (Å²) >= 11 is 0. The predicted octanol–water partition coefficient (Wildman–Crippen LogP) is 6.08. The van der Waals surface area contributed by atoms with Gasteiger partial charge in [-0.15, -0.1) is 0 Å². The van der Waals surface area contributed by atoms with Gasteiger partial charge in [0, 0.05) is 65.7 Å². The monoisotopic (exact) mass is 689 g/mol. The second kappa shape index (κ2) is 13.1. The number of amides is 2. The molecule has 0 bridgehead atoms. The summed E-state index contributed by atoms with van der Waals surface area (Å²) in [5.74, 6) is 0.545. The lowest BCUT2D eigenvalue weighted by atomic mass is 9.74. The van der Waals surface area contributed by atoms with E-state index in [0.29, 0.717) is 46.7 Å². The van der Waals surface area contributed by atoms with Crippen molar-refractivity contribution in [1.82, 2.24) is 9.97 Å². The van der Waals surface area contributed by atoms with Gasteiger partial charge < -0.3 is 34.3 Å². The third-order valence-corrected chi connectivity index (χ3v) is 9.97. The molecule has 0 spiro atoms. The van der Waals surface area contributed by atoms with Crippen molar-refractivity contribution >= 4 is 53.2 Å². The first-order chi connectivity index (χ1) is 24.3. The molecule has 2 aromatic heterocycles. The largest absolute Gasteiger partial charge is 0.495 e. The van der Waals surface area contributed by atoms with Crippen LogP contribution in [0.15, 0.2) is 67.1 Å². The molecule has 12 nitrogen and oxygen atoms in total. The number of ether oxygens (including phenoxy) is 2. The van der Waals surface area contributed by atoms with Crippen LogP contribution in [0.5, 0.6) is 5.75 Å². The Balaban J connectivity index is 1.10. The molecule has 5 heterocycles. The van der Waals surface area contributed by atoms with Gasteiger partial charge in [-0.1, -0.05) is 12.1 Å². The molecule has 3 aliphatic heterocycles. The molecule has 262 valence electrons. The topological polar surface area (TPSA) is 141 Å². The fourth-order valence-electron chi connectivity index (χ4n) is 6.54. The lowest BCUT2D eigenvalue weighted by Gasteiger charge is -2.32. The third kappa shape index (κ3) is 6.66. The van der Waals surface area contributed by atoms with Crippen molar-refractivity contribution in [2.45, 2.75) is 78.3 Å². The first-order valence-electron chi connectivity index (χ1n) is 17.1. The number of carbonyl (C=O) groups excluding carboxylic acids is 3. The van der Waals surface area contributed by atoms with Gasteiger partial charge in [-0.2, -0.15) is 0 Å². The Kier molecular flexibility index (Phi) is 8.80. The van der Waals surface area contributed by atoms with E-state index in [4.69, 9.17) is 18.8 Å². The van der Waals surface area contributed by atoms with Crippen molar-refractivity contribution in [3.05, 3.63) is 83.8 Å². The Bertz CT molecular complexity index is 2040. The van der Waals surface area contributed by atoms with Crippen LogP contribution in [-0.4, -0.2) is 52.6 Å². The number of rotatable bonds is 8. The lowest BCUT2D eigenvalue weighted by molar-refractivity contribution is -0.142.